The van der Waals surface area contributed by atoms with Crippen molar-refractivity contribution in [1.82, 2.24) is 14.6 Å². The highest BCUT2D eigenvalue weighted by atomic mass is 79.9. The fourth-order valence-electron chi connectivity index (χ4n) is 3.06. The highest BCUT2D eigenvalue weighted by molar-refractivity contribution is 9.10. The third kappa shape index (κ3) is 5.13. The Kier molecular flexibility index (Phi) is 7.48. The maximum atomic E-state index is 13.4. The van der Waals surface area contributed by atoms with Gasteiger partial charge in [0.05, 0.1) is 4.47 Å². The zero-order chi connectivity index (χ0) is 19.9. The van der Waals surface area contributed by atoms with Gasteiger partial charge >= 0.3 is 0 Å². The van der Waals surface area contributed by atoms with Crippen LogP contribution in [0.2, 0.25) is 0 Å². The quantitative estimate of drug-likeness (QED) is 0.157. The molecule has 0 aliphatic carbocycles. The van der Waals surface area contributed by atoms with Crippen molar-refractivity contribution >= 4 is 45.4 Å². The molecule has 5 N–H and O–H groups in total. The topological polar surface area (TPSA) is 125 Å². The van der Waals surface area contributed by atoms with Gasteiger partial charge in [-0.3, -0.25) is 5.14 Å². The Bertz CT molecular complexity index is 822. The van der Waals surface area contributed by atoms with Crippen LogP contribution in [0.15, 0.2) is 32.5 Å². The Labute approximate surface area is 174 Å². The molecule has 0 spiro atoms. The van der Waals surface area contributed by atoms with Gasteiger partial charge in [0.25, 0.3) is 0 Å². The Morgan fingerprint density at radius 1 is 1.46 bits per heavy atom. The summed E-state index contributed by atoms with van der Waals surface area (Å²) in [6.07, 6.45) is 4.32. The molecule has 1 atom stereocenters. The number of hydrogen-bond acceptors (Lipinski definition) is 9. The first-order valence-corrected chi connectivity index (χ1v) is 10.4. The molecule has 1 aliphatic heterocycles. The number of nitrogens with two attached hydrogens (primary N) is 1. The molecule has 0 radical (unpaired) electrons. The monoisotopic (exact) mass is 473 g/mol. The van der Waals surface area contributed by atoms with Crippen molar-refractivity contribution in [3.63, 3.8) is 0 Å². The van der Waals surface area contributed by atoms with E-state index in [1.807, 2.05) is 0 Å². The molecule has 0 saturated carbocycles. The van der Waals surface area contributed by atoms with Crippen molar-refractivity contribution in [1.29, 1.82) is 0 Å². The molecule has 1 fully saturated rings. The van der Waals surface area contributed by atoms with Gasteiger partial charge in [-0.2, -0.15) is 0 Å². The number of benzene rings is 1. The van der Waals surface area contributed by atoms with Crippen LogP contribution in [0.25, 0.3) is 0 Å². The lowest BCUT2D eigenvalue weighted by atomic mass is 10.0. The maximum Gasteiger partial charge on any atom is 0.203 e. The van der Waals surface area contributed by atoms with E-state index >= 15 is 0 Å². The summed E-state index contributed by atoms with van der Waals surface area (Å²) in [5.74, 6) is -0.0193. The van der Waals surface area contributed by atoms with E-state index in [0.29, 0.717) is 24.1 Å². The van der Waals surface area contributed by atoms with Crippen LogP contribution < -0.4 is 15.8 Å². The summed E-state index contributed by atoms with van der Waals surface area (Å²) in [5, 5.41) is 32.0. The van der Waals surface area contributed by atoms with E-state index < -0.39 is 5.82 Å². The molecule has 2 heterocycles. The SMILES string of the molecule is NSN1CCCCC1CCNc1nonc1/C(=N/O)Nc1ccc(F)c(Br)c1. The van der Waals surface area contributed by atoms with Gasteiger partial charge in [0.1, 0.15) is 5.82 Å². The molecule has 0 amide bonds. The third-order valence-corrected chi connectivity index (χ3v) is 5.83. The predicted octanol–water partition coefficient (Wildman–Crippen LogP) is 3.40. The number of piperidine rings is 1. The molecule has 0 bridgehead atoms. The van der Waals surface area contributed by atoms with Crippen LogP contribution in [-0.4, -0.2) is 44.8 Å². The van der Waals surface area contributed by atoms with E-state index in [-0.39, 0.29) is 16.0 Å². The second-order valence-electron chi connectivity index (χ2n) is 6.28. The molecule has 1 aromatic carbocycles. The minimum absolute atomic E-state index is 0.0269. The molecule has 12 heteroatoms. The summed E-state index contributed by atoms with van der Waals surface area (Å²) in [5.41, 5.74) is 0.726. The first-order chi connectivity index (χ1) is 13.6. The average Bonchev–Trinajstić information content (AvgIpc) is 3.17. The van der Waals surface area contributed by atoms with Crippen LogP contribution in [0.3, 0.4) is 0 Å². The number of oxime groups is 1. The molecule has 9 nitrogen and oxygen atoms in total. The van der Waals surface area contributed by atoms with E-state index in [9.17, 15) is 9.60 Å². The van der Waals surface area contributed by atoms with E-state index in [0.717, 1.165) is 25.8 Å². The average molecular weight is 474 g/mol. The molecular formula is C16H21BrFN7O2S. The Morgan fingerprint density at radius 2 is 2.32 bits per heavy atom. The molecule has 1 unspecified atom stereocenters. The summed E-state index contributed by atoms with van der Waals surface area (Å²) in [4.78, 5) is 0. The lowest BCUT2D eigenvalue weighted by Crippen LogP contribution is -2.36. The Hall–Kier alpha value is -1.89. The van der Waals surface area contributed by atoms with E-state index in [2.05, 4.69) is 46.3 Å². The number of aromatic nitrogens is 2. The van der Waals surface area contributed by atoms with Crippen molar-refractivity contribution in [2.45, 2.75) is 31.7 Å². The van der Waals surface area contributed by atoms with Gasteiger partial charge in [-0.1, -0.05) is 11.6 Å². The third-order valence-electron chi connectivity index (χ3n) is 4.47. The molecular weight excluding hydrogens is 453 g/mol. The summed E-state index contributed by atoms with van der Waals surface area (Å²) in [6, 6.07) is 4.70. The van der Waals surface area contributed by atoms with Gasteiger partial charge in [0, 0.05) is 37.0 Å². The fraction of sp³-hybridized carbons (Fsp3) is 0.438. The first-order valence-electron chi connectivity index (χ1n) is 8.76. The summed E-state index contributed by atoms with van der Waals surface area (Å²) >= 11 is 4.40. The van der Waals surface area contributed by atoms with Crippen molar-refractivity contribution < 1.29 is 14.2 Å². The number of anilines is 2. The van der Waals surface area contributed by atoms with Crippen LogP contribution >= 0.6 is 28.1 Å². The second-order valence-corrected chi connectivity index (χ2v) is 7.81. The number of hydrogen-bond donors (Lipinski definition) is 4. The minimum Gasteiger partial charge on any atom is -0.409 e. The van der Waals surface area contributed by atoms with Crippen molar-refractivity contribution in [2.24, 2.45) is 10.3 Å². The molecule has 152 valence electrons. The van der Waals surface area contributed by atoms with E-state index in [1.165, 1.54) is 36.8 Å². The van der Waals surface area contributed by atoms with Crippen LogP contribution in [-0.2, 0) is 0 Å². The van der Waals surface area contributed by atoms with Crippen LogP contribution in [0.4, 0.5) is 15.9 Å². The predicted molar refractivity (Wildman–Crippen MR) is 110 cm³/mol. The number of halogens is 2. The standard InChI is InChI=1S/C16H21BrFN7O2S/c17-12-9-10(4-5-13(12)18)21-16(22-26)14-15(24-27-23-14)20-7-6-11-3-1-2-8-25(11)28-19/h4-5,9,11,26H,1-3,6-8,19H2,(H,20,24)(H,21,22). The van der Waals surface area contributed by atoms with Gasteiger partial charge in [0.2, 0.25) is 11.7 Å². The zero-order valence-corrected chi connectivity index (χ0v) is 17.3. The highest BCUT2D eigenvalue weighted by Crippen LogP contribution is 2.24. The van der Waals surface area contributed by atoms with Gasteiger partial charge in [-0.15, -0.1) is 0 Å². The van der Waals surface area contributed by atoms with Gasteiger partial charge in [-0.05, 0) is 63.7 Å². The number of nitrogens with zero attached hydrogens (tertiary/aromatic N) is 4. The summed E-state index contributed by atoms with van der Waals surface area (Å²) in [7, 11) is 0. The molecule has 1 aliphatic rings. The molecule has 1 aromatic heterocycles. The van der Waals surface area contributed by atoms with Crippen LogP contribution in [0.1, 0.15) is 31.4 Å². The zero-order valence-electron chi connectivity index (χ0n) is 14.9. The summed E-state index contributed by atoms with van der Waals surface area (Å²) in [6.45, 7) is 1.62. The van der Waals surface area contributed by atoms with Crippen molar-refractivity contribution in [2.75, 3.05) is 23.7 Å². The maximum absolute atomic E-state index is 13.4. The number of rotatable bonds is 7. The normalized spacial score (nSPS) is 18.2. The fourth-order valence-corrected chi connectivity index (χ4v) is 4.06. The van der Waals surface area contributed by atoms with Crippen molar-refractivity contribution in [3.05, 3.63) is 34.2 Å². The molecule has 28 heavy (non-hydrogen) atoms. The minimum atomic E-state index is -0.397. The van der Waals surface area contributed by atoms with Gasteiger partial charge < -0.3 is 15.8 Å². The lowest BCUT2D eigenvalue weighted by Gasteiger charge is -2.33. The van der Waals surface area contributed by atoms with E-state index in [4.69, 9.17) is 9.77 Å². The number of amidine groups is 1. The number of nitrogens with one attached hydrogen (secondary N) is 2. The van der Waals surface area contributed by atoms with Crippen LogP contribution in [0, 0.1) is 5.82 Å². The van der Waals surface area contributed by atoms with Gasteiger partial charge in [-0.25, -0.2) is 13.3 Å². The molecule has 2 aromatic rings. The summed E-state index contributed by atoms with van der Waals surface area (Å²) < 4.78 is 20.7. The largest absolute Gasteiger partial charge is 0.409 e. The Morgan fingerprint density at radius 3 is 3.07 bits per heavy atom. The van der Waals surface area contributed by atoms with Gasteiger partial charge in [0.15, 0.2) is 5.69 Å². The van der Waals surface area contributed by atoms with Crippen molar-refractivity contribution in [3.8, 4) is 0 Å². The second kappa shape index (κ2) is 10.0. The van der Waals surface area contributed by atoms with E-state index in [1.54, 1.807) is 0 Å². The highest BCUT2D eigenvalue weighted by Gasteiger charge is 2.23. The molecule has 1 saturated heterocycles. The Balaban J connectivity index is 1.62. The molecule has 3 rings (SSSR count). The first kappa shape index (κ1) is 20.8. The lowest BCUT2D eigenvalue weighted by molar-refractivity contribution is 0.265. The smallest absolute Gasteiger partial charge is 0.203 e. The van der Waals surface area contributed by atoms with Crippen LogP contribution in [0.5, 0.6) is 0 Å².